The molecule has 8 nitrogen and oxygen atoms in total. The van der Waals surface area contributed by atoms with Gasteiger partial charge in [-0.25, -0.2) is 4.79 Å². The van der Waals surface area contributed by atoms with Crippen LogP contribution in [0.2, 0.25) is 0 Å². The van der Waals surface area contributed by atoms with Crippen molar-refractivity contribution in [3.8, 4) is 11.1 Å². The van der Waals surface area contributed by atoms with Crippen molar-refractivity contribution in [3.63, 3.8) is 0 Å². The summed E-state index contributed by atoms with van der Waals surface area (Å²) >= 11 is 0. The van der Waals surface area contributed by atoms with Crippen LogP contribution in [0.25, 0.3) is 11.1 Å². The summed E-state index contributed by atoms with van der Waals surface area (Å²) in [5, 5.41) is 14.5. The third kappa shape index (κ3) is 5.39. The Hall–Kier alpha value is -3.39. The zero-order valence-electron chi connectivity index (χ0n) is 19.2. The van der Waals surface area contributed by atoms with E-state index in [1.54, 1.807) is 7.11 Å². The van der Waals surface area contributed by atoms with Crippen LogP contribution >= 0.6 is 0 Å². The predicted octanol–water partition coefficient (Wildman–Crippen LogP) is 3.16. The summed E-state index contributed by atoms with van der Waals surface area (Å²) in [7, 11) is 1.58. The van der Waals surface area contributed by atoms with Crippen LogP contribution in [0.4, 0.5) is 4.79 Å². The van der Waals surface area contributed by atoms with Crippen LogP contribution < -0.4 is 10.6 Å². The van der Waals surface area contributed by atoms with Crippen LogP contribution in [0.3, 0.4) is 0 Å². The molecule has 0 saturated heterocycles. The fourth-order valence-electron chi connectivity index (χ4n) is 4.61. The molecule has 0 heterocycles. The van der Waals surface area contributed by atoms with Crippen LogP contribution in [0.5, 0.6) is 0 Å². The number of aliphatic carboxylic acids is 1. The molecule has 4 rings (SSSR count). The van der Waals surface area contributed by atoms with Gasteiger partial charge in [0.15, 0.2) is 0 Å². The van der Waals surface area contributed by atoms with Gasteiger partial charge < -0.3 is 25.2 Å². The van der Waals surface area contributed by atoms with E-state index in [9.17, 15) is 14.4 Å². The second kappa shape index (κ2) is 10.7. The van der Waals surface area contributed by atoms with Gasteiger partial charge in [0.1, 0.15) is 12.6 Å². The molecule has 0 spiro atoms. The maximum atomic E-state index is 12.7. The third-order valence-corrected chi connectivity index (χ3v) is 6.57. The van der Waals surface area contributed by atoms with Gasteiger partial charge >= 0.3 is 12.1 Å². The Balaban J connectivity index is 1.34. The molecule has 2 aromatic carbocycles. The highest BCUT2D eigenvalue weighted by atomic mass is 16.5. The number of hydrogen-bond acceptors (Lipinski definition) is 5. The van der Waals surface area contributed by atoms with E-state index >= 15 is 0 Å². The summed E-state index contributed by atoms with van der Waals surface area (Å²) in [5.74, 6) is -1.71. The molecule has 1 fully saturated rings. The van der Waals surface area contributed by atoms with Crippen LogP contribution in [0.1, 0.15) is 36.3 Å². The predicted molar refractivity (Wildman–Crippen MR) is 125 cm³/mol. The van der Waals surface area contributed by atoms with Crippen LogP contribution in [0.15, 0.2) is 48.5 Å². The van der Waals surface area contributed by atoms with Gasteiger partial charge in [0.05, 0.1) is 5.92 Å². The zero-order valence-corrected chi connectivity index (χ0v) is 19.2. The first kappa shape index (κ1) is 23.8. The Morgan fingerprint density at radius 1 is 1.06 bits per heavy atom. The number of nitrogens with one attached hydrogen (secondary N) is 2. The Morgan fingerprint density at radius 2 is 1.71 bits per heavy atom. The molecule has 2 aliphatic carbocycles. The fourth-order valence-corrected chi connectivity index (χ4v) is 4.61. The van der Waals surface area contributed by atoms with E-state index in [2.05, 4.69) is 22.8 Å². The molecule has 0 aromatic heterocycles. The zero-order chi connectivity index (χ0) is 24.1. The normalized spacial score (nSPS) is 19.0. The van der Waals surface area contributed by atoms with Gasteiger partial charge in [-0.15, -0.1) is 0 Å². The molecule has 0 bridgehead atoms. The van der Waals surface area contributed by atoms with Crippen LogP contribution in [-0.4, -0.2) is 56.0 Å². The van der Waals surface area contributed by atoms with Gasteiger partial charge in [-0.1, -0.05) is 48.5 Å². The summed E-state index contributed by atoms with van der Waals surface area (Å²) in [5.41, 5.74) is 4.51. The quantitative estimate of drug-likeness (QED) is 0.439. The lowest BCUT2D eigenvalue weighted by atomic mass is 9.98. The molecule has 3 atom stereocenters. The van der Waals surface area contributed by atoms with Crippen molar-refractivity contribution in [2.45, 2.75) is 31.2 Å². The van der Waals surface area contributed by atoms with E-state index in [0.717, 1.165) is 22.3 Å². The summed E-state index contributed by atoms with van der Waals surface area (Å²) in [6.07, 6.45) is 0.870. The van der Waals surface area contributed by atoms with Crippen molar-refractivity contribution in [2.24, 2.45) is 11.8 Å². The number of rotatable bonds is 11. The lowest BCUT2D eigenvalue weighted by Gasteiger charge is -2.20. The average molecular weight is 467 g/mol. The Bertz CT molecular complexity index is 1010. The number of fused-ring (bicyclic) bond motifs is 3. The Morgan fingerprint density at radius 3 is 2.29 bits per heavy atom. The lowest BCUT2D eigenvalue weighted by molar-refractivity contribution is -0.139. The summed E-state index contributed by atoms with van der Waals surface area (Å²) in [6, 6.07) is 15.4. The van der Waals surface area contributed by atoms with Crippen molar-refractivity contribution >= 4 is 18.0 Å². The second-order valence-electron chi connectivity index (χ2n) is 8.84. The number of alkyl carbamates (subject to hydrolysis) is 1. The number of carboxylic acid groups (broad SMARTS) is 1. The number of methoxy groups -OCH3 is 1. The minimum atomic E-state index is -0.840. The lowest BCUT2D eigenvalue weighted by Crippen LogP contribution is -2.47. The van der Waals surface area contributed by atoms with E-state index in [4.69, 9.17) is 14.6 Å². The maximum absolute atomic E-state index is 12.7. The molecule has 0 radical (unpaired) electrons. The second-order valence-corrected chi connectivity index (χ2v) is 8.84. The molecule has 2 aromatic rings. The van der Waals surface area contributed by atoms with Crippen molar-refractivity contribution in [2.75, 3.05) is 26.9 Å². The van der Waals surface area contributed by atoms with Crippen molar-refractivity contribution in [3.05, 3.63) is 59.7 Å². The number of hydrogen-bond donors (Lipinski definition) is 3. The van der Waals surface area contributed by atoms with Gasteiger partial charge in [0.25, 0.3) is 0 Å². The standard InChI is InChI=1S/C26H30N2O6/c1-33-12-6-11-23(24(29)27-14-16-13-21(16)25(30)31)28-26(32)34-15-22-19-9-4-2-7-17(19)18-8-3-5-10-20(18)22/h2-5,7-10,16,21-23H,6,11-15H2,1H3,(H,27,29)(H,28,32)(H,30,31)/t16-,21-,23?/m0/s1. The van der Waals surface area contributed by atoms with E-state index < -0.39 is 24.0 Å². The van der Waals surface area contributed by atoms with Gasteiger partial charge in [-0.3, -0.25) is 9.59 Å². The van der Waals surface area contributed by atoms with Gasteiger partial charge in [-0.05, 0) is 47.4 Å². The molecule has 0 aliphatic heterocycles. The van der Waals surface area contributed by atoms with Crippen LogP contribution in [-0.2, 0) is 19.1 Å². The number of amides is 2. The molecule has 2 aliphatic rings. The van der Waals surface area contributed by atoms with Crippen LogP contribution in [0, 0.1) is 11.8 Å². The highest BCUT2D eigenvalue weighted by Crippen LogP contribution is 2.44. The summed E-state index contributed by atoms with van der Waals surface area (Å²) < 4.78 is 10.6. The minimum Gasteiger partial charge on any atom is -0.481 e. The Labute approximate surface area is 198 Å². The number of carbonyl (C=O) groups excluding carboxylic acids is 2. The van der Waals surface area contributed by atoms with Gasteiger partial charge in [0.2, 0.25) is 5.91 Å². The number of ether oxygens (including phenoxy) is 2. The molecular weight excluding hydrogens is 436 g/mol. The first-order valence-corrected chi connectivity index (χ1v) is 11.6. The van der Waals surface area contributed by atoms with E-state index in [-0.39, 0.29) is 30.9 Å². The molecule has 2 amide bonds. The first-order valence-electron chi connectivity index (χ1n) is 11.6. The average Bonchev–Trinajstić information content (AvgIpc) is 3.56. The van der Waals surface area contributed by atoms with Crippen molar-refractivity contribution in [1.29, 1.82) is 0 Å². The van der Waals surface area contributed by atoms with E-state index in [1.807, 2.05) is 36.4 Å². The van der Waals surface area contributed by atoms with Crippen molar-refractivity contribution < 1.29 is 29.0 Å². The molecule has 1 saturated carbocycles. The van der Waals surface area contributed by atoms with Gasteiger partial charge in [0, 0.05) is 26.2 Å². The summed E-state index contributed by atoms with van der Waals surface area (Å²) in [4.78, 5) is 36.3. The smallest absolute Gasteiger partial charge is 0.407 e. The molecule has 3 N–H and O–H groups in total. The molecule has 8 heteroatoms. The van der Waals surface area contributed by atoms with E-state index in [0.29, 0.717) is 25.9 Å². The van der Waals surface area contributed by atoms with E-state index in [1.165, 1.54) is 0 Å². The molecule has 34 heavy (non-hydrogen) atoms. The van der Waals surface area contributed by atoms with Gasteiger partial charge in [-0.2, -0.15) is 0 Å². The number of carboxylic acids is 1. The number of carbonyl (C=O) groups is 3. The monoisotopic (exact) mass is 466 g/mol. The fraction of sp³-hybridized carbons (Fsp3) is 0.423. The minimum absolute atomic E-state index is 0.0597. The molecule has 180 valence electrons. The molecular formula is C26H30N2O6. The SMILES string of the molecule is COCCCC(NC(=O)OCC1c2ccccc2-c2ccccc21)C(=O)NC[C@@H]1C[C@@H]1C(=O)O. The topological polar surface area (TPSA) is 114 Å². The molecule has 1 unspecified atom stereocenters. The summed E-state index contributed by atoms with van der Waals surface area (Å²) in [6.45, 7) is 0.900. The third-order valence-electron chi connectivity index (χ3n) is 6.57. The highest BCUT2D eigenvalue weighted by Gasteiger charge is 2.43. The largest absolute Gasteiger partial charge is 0.481 e. The highest BCUT2D eigenvalue weighted by molar-refractivity contribution is 5.86. The maximum Gasteiger partial charge on any atom is 0.407 e. The Kier molecular flexibility index (Phi) is 7.47. The first-order chi connectivity index (χ1) is 16.5. The number of benzene rings is 2. The van der Waals surface area contributed by atoms with Crippen molar-refractivity contribution in [1.82, 2.24) is 10.6 Å².